The molecule has 1 atom stereocenters. The molecule has 214 valence electrons. The van der Waals surface area contributed by atoms with Crippen LogP contribution in [0.25, 0.3) is 0 Å². The number of aryl methyl sites for hydroxylation is 3. The molecule has 0 saturated carbocycles. The molecule has 3 aromatic rings. The van der Waals surface area contributed by atoms with Crippen LogP contribution in [-0.2, 0) is 6.42 Å². The van der Waals surface area contributed by atoms with Crippen LogP contribution in [0.4, 0.5) is 11.5 Å². The Balaban J connectivity index is 1.29. The zero-order valence-corrected chi connectivity index (χ0v) is 24.7. The first-order valence-corrected chi connectivity index (χ1v) is 14.7. The summed E-state index contributed by atoms with van der Waals surface area (Å²) in [4.78, 5) is 20.5. The van der Waals surface area contributed by atoms with Crippen LogP contribution in [0.5, 0.6) is 0 Å². The van der Waals surface area contributed by atoms with Gasteiger partial charge >= 0.3 is 0 Å². The zero-order valence-electron chi connectivity index (χ0n) is 24.7. The number of hydrogen-bond acceptors (Lipinski definition) is 7. The smallest absolute Gasteiger partial charge is 0.254 e. The fourth-order valence-corrected chi connectivity index (χ4v) is 6.70. The summed E-state index contributed by atoms with van der Waals surface area (Å²) in [5, 5.41) is 17.9. The number of nitriles is 1. The van der Waals surface area contributed by atoms with Crippen LogP contribution >= 0.6 is 0 Å². The molecular weight excluding hydrogens is 510 g/mol. The summed E-state index contributed by atoms with van der Waals surface area (Å²) >= 11 is 0. The van der Waals surface area contributed by atoms with Crippen molar-refractivity contribution in [2.24, 2.45) is 11.7 Å². The molecular formula is C33H41N7O. The third-order valence-electron chi connectivity index (χ3n) is 8.96. The molecule has 1 amide bonds. The van der Waals surface area contributed by atoms with Gasteiger partial charge < -0.3 is 20.4 Å². The molecule has 2 aliphatic rings. The van der Waals surface area contributed by atoms with Gasteiger partial charge in [-0.05, 0) is 105 Å². The number of piperidine rings is 1. The maximum atomic E-state index is 14.0. The van der Waals surface area contributed by atoms with E-state index in [1.807, 2.05) is 30.0 Å². The van der Waals surface area contributed by atoms with Crippen LogP contribution < -0.4 is 15.5 Å². The van der Waals surface area contributed by atoms with Crippen LogP contribution in [0, 0.1) is 44.9 Å². The molecule has 0 unspecified atom stereocenters. The van der Waals surface area contributed by atoms with Gasteiger partial charge in [0.05, 0.1) is 17.3 Å². The highest BCUT2D eigenvalue weighted by molar-refractivity contribution is 5.97. The van der Waals surface area contributed by atoms with Gasteiger partial charge in [0.25, 0.3) is 5.91 Å². The van der Waals surface area contributed by atoms with E-state index >= 15 is 0 Å². The Hall–Kier alpha value is -3.96. The molecule has 2 aliphatic heterocycles. The number of hydrogen-bond donors (Lipinski definition) is 1. The second kappa shape index (κ2) is 12.3. The van der Waals surface area contributed by atoms with Crippen molar-refractivity contribution in [1.82, 2.24) is 15.1 Å². The highest BCUT2D eigenvalue weighted by atomic mass is 16.2. The van der Waals surface area contributed by atoms with E-state index in [1.54, 1.807) is 6.20 Å². The molecule has 8 heteroatoms. The lowest BCUT2D eigenvalue weighted by Crippen LogP contribution is -2.57. The Morgan fingerprint density at radius 2 is 1.83 bits per heavy atom. The summed E-state index contributed by atoms with van der Waals surface area (Å²) in [6, 6.07) is 14.5. The van der Waals surface area contributed by atoms with E-state index in [4.69, 9.17) is 5.73 Å². The van der Waals surface area contributed by atoms with Crippen molar-refractivity contribution in [2.45, 2.75) is 53.0 Å². The summed E-state index contributed by atoms with van der Waals surface area (Å²) in [5.74, 6) is 1.44. The molecule has 0 radical (unpaired) electrons. The van der Waals surface area contributed by atoms with Gasteiger partial charge in [0.1, 0.15) is 6.07 Å². The van der Waals surface area contributed by atoms with Crippen molar-refractivity contribution >= 4 is 17.4 Å². The minimum Gasteiger partial charge on any atom is -0.370 e. The van der Waals surface area contributed by atoms with Gasteiger partial charge in [0, 0.05) is 51.0 Å². The minimum atomic E-state index is -0.00445. The predicted molar refractivity (Wildman–Crippen MR) is 163 cm³/mol. The summed E-state index contributed by atoms with van der Waals surface area (Å²) in [6.07, 6.45) is 4.77. The summed E-state index contributed by atoms with van der Waals surface area (Å²) in [6.45, 7) is 12.6. The number of piperazine rings is 1. The molecule has 0 spiro atoms. The number of aromatic nitrogens is 2. The quantitative estimate of drug-likeness (QED) is 0.486. The van der Waals surface area contributed by atoms with E-state index in [2.05, 4.69) is 65.0 Å². The zero-order chi connectivity index (χ0) is 29.1. The van der Waals surface area contributed by atoms with Gasteiger partial charge in [-0.25, -0.2) is 0 Å². The first-order chi connectivity index (χ1) is 19.8. The Labute approximate surface area is 243 Å². The van der Waals surface area contributed by atoms with Gasteiger partial charge in [0.2, 0.25) is 0 Å². The summed E-state index contributed by atoms with van der Waals surface area (Å²) < 4.78 is 0. The molecule has 2 saturated heterocycles. The Kier molecular flexibility index (Phi) is 8.55. The second-order valence-corrected chi connectivity index (χ2v) is 11.7. The molecule has 2 N–H and O–H groups in total. The van der Waals surface area contributed by atoms with Gasteiger partial charge in [-0.3, -0.25) is 4.79 Å². The molecule has 0 aliphatic carbocycles. The molecule has 5 rings (SSSR count). The van der Waals surface area contributed by atoms with E-state index in [1.165, 1.54) is 11.1 Å². The standard InChI is InChI=1S/C33H41N7O/c1-22-7-8-30(27(16-22)19-34)38-12-9-26(10-13-38)18-29-23(2)17-24(3)32(25(29)4)33(41)39-14-15-40(28(20-35)21-39)31-6-5-11-36-37-31/h5-8,11,16-17,26,28H,9-10,12-15,18,20-21,35H2,1-4H3/t28-/m1/s1. The van der Waals surface area contributed by atoms with Crippen molar-refractivity contribution in [3.63, 3.8) is 0 Å². The Morgan fingerprint density at radius 1 is 1.05 bits per heavy atom. The number of carbonyl (C=O) groups excluding carboxylic acids is 1. The van der Waals surface area contributed by atoms with Crippen molar-refractivity contribution < 1.29 is 4.79 Å². The molecule has 8 nitrogen and oxygen atoms in total. The van der Waals surface area contributed by atoms with E-state index in [0.29, 0.717) is 32.1 Å². The van der Waals surface area contributed by atoms with Crippen molar-refractivity contribution in [3.05, 3.63) is 81.5 Å². The number of nitrogens with zero attached hydrogens (tertiary/aromatic N) is 6. The molecule has 2 aromatic carbocycles. The fourth-order valence-electron chi connectivity index (χ4n) is 6.70. The molecule has 0 bridgehead atoms. The fraction of sp³-hybridized carbons (Fsp3) is 0.455. The van der Waals surface area contributed by atoms with Gasteiger partial charge in [-0.2, -0.15) is 10.4 Å². The molecule has 3 heterocycles. The first kappa shape index (κ1) is 28.6. The van der Waals surface area contributed by atoms with Crippen LogP contribution in [0.2, 0.25) is 0 Å². The lowest BCUT2D eigenvalue weighted by molar-refractivity contribution is 0.0722. The number of benzene rings is 2. The van der Waals surface area contributed by atoms with E-state index in [9.17, 15) is 10.1 Å². The number of anilines is 2. The minimum absolute atomic E-state index is 0.00445. The van der Waals surface area contributed by atoms with Gasteiger partial charge in [0.15, 0.2) is 5.82 Å². The maximum Gasteiger partial charge on any atom is 0.254 e. The molecule has 2 fully saturated rings. The number of rotatable bonds is 6. The largest absolute Gasteiger partial charge is 0.370 e. The lowest BCUT2D eigenvalue weighted by Gasteiger charge is -2.41. The number of amides is 1. The first-order valence-electron chi connectivity index (χ1n) is 14.7. The average molecular weight is 552 g/mol. The van der Waals surface area contributed by atoms with E-state index in [-0.39, 0.29) is 11.9 Å². The monoisotopic (exact) mass is 551 g/mol. The van der Waals surface area contributed by atoms with Crippen LogP contribution in [0.15, 0.2) is 42.6 Å². The third-order valence-corrected chi connectivity index (χ3v) is 8.96. The van der Waals surface area contributed by atoms with Gasteiger partial charge in [-0.1, -0.05) is 12.1 Å². The van der Waals surface area contributed by atoms with E-state index < -0.39 is 0 Å². The third kappa shape index (κ3) is 5.91. The van der Waals surface area contributed by atoms with Crippen LogP contribution in [0.1, 0.15) is 56.6 Å². The highest BCUT2D eigenvalue weighted by Gasteiger charge is 2.32. The molecule has 41 heavy (non-hydrogen) atoms. The van der Waals surface area contributed by atoms with Crippen LogP contribution in [-0.4, -0.2) is 66.3 Å². The topological polar surface area (TPSA) is 102 Å². The number of nitrogens with two attached hydrogens (primary N) is 1. The summed E-state index contributed by atoms with van der Waals surface area (Å²) in [5.41, 5.74) is 14.6. The molecule has 1 aromatic heterocycles. The highest BCUT2D eigenvalue weighted by Crippen LogP contribution is 2.32. The average Bonchev–Trinajstić information content (AvgIpc) is 2.99. The Morgan fingerprint density at radius 3 is 2.51 bits per heavy atom. The lowest BCUT2D eigenvalue weighted by atomic mass is 9.83. The second-order valence-electron chi connectivity index (χ2n) is 11.7. The summed E-state index contributed by atoms with van der Waals surface area (Å²) in [7, 11) is 0. The normalized spacial score (nSPS) is 18.0. The SMILES string of the molecule is Cc1ccc(N2CCC(Cc3c(C)cc(C)c(C(=O)N4CCN(c5cccnn5)[C@H](CN)C4)c3C)CC2)c(C#N)c1. The number of carbonyl (C=O) groups is 1. The van der Waals surface area contributed by atoms with Crippen molar-refractivity contribution in [1.29, 1.82) is 5.26 Å². The predicted octanol–water partition coefficient (Wildman–Crippen LogP) is 4.33. The van der Waals surface area contributed by atoms with Crippen molar-refractivity contribution in [3.8, 4) is 6.07 Å². The Bertz CT molecular complexity index is 1440. The van der Waals surface area contributed by atoms with Crippen molar-refractivity contribution in [2.75, 3.05) is 49.1 Å². The van der Waals surface area contributed by atoms with Gasteiger partial charge in [-0.15, -0.1) is 5.10 Å². The van der Waals surface area contributed by atoms with Crippen LogP contribution in [0.3, 0.4) is 0 Å². The maximum absolute atomic E-state index is 14.0. The van der Waals surface area contributed by atoms with E-state index in [0.717, 1.165) is 71.7 Å².